The van der Waals surface area contributed by atoms with Gasteiger partial charge in [-0.25, -0.2) is 8.78 Å². The van der Waals surface area contributed by atoms with Gasteiger partial charge in [0, 0.05) is 55.6 Å². The number of piperidine rings is 1. The number of aliphatic hydroxyl groups excluding tert-OH is 1. The molecule has 2 aromatic heterocycles. The third-order valence-electron chi connectivity index (χ3n) is 11.5. The number of pyridine rings is 1. The molecular formula is C38H45F2N5O5. The van der Waals surface area contributed by atoms with E-state index in [1.165, 1.54) is 18.3 Å². The number of ether oxygens (including phenoxy) is 3. The Hall–Kier alpha value is -3.71. The summed E-state index contributed by atoms with van der Waals surface area (Å²) in [5.41, 5.74) is 0.596. The summed E-state index contributed by atoms with van der Waals surface area (Å²) < 4.78 is 49.9. The summed E-state index contributed by atoms with van der Waals surface area (Å²) in [4.78, 5) is 18.7. The molecule has 3 aliphatic heterocycles. The first-order valence-corrected chi connectivity index (χ1v) is 18.1. The van der Waals surface area contributed by atoms with Crippen LogP contribution in [0, 0.1) is 17.0 Å². The number of β-amino-alcohol motifs (C(OH)–C–C–N with tert-alkyl or cyclic N) is 1. The molecule has 1 saturated carbocycles. The molecule has 4 fully saturated rings. The van der Waals surface area contributed by atoms with E-state index in [2.05, 4.69) is 9.88 Å². The van der Waals surface area contributed by atoms with Gasteiger partial charge in [0.2, 0.25) is 0 Å². The van der Waals surface area contributed by atoms with Crippen molar-refractivity contribution in [1.29, 1.82) is 0 Å². The van der Waals surface area contributed by atoms with Crippen LogP contribution in [0.5, 0.6) is 11.8 Å². The molecule has 12 heteroatoms. The number of benzene rings is 2. The van der Waals surface area contributed by atoms with E-state index in [1.54, 1.807) is 12.1 Å². The lowest BCUT2D eigenvalue weighted by molar-refractivity contribution is -0.0511. The summed E-state index contributed by atoms with van der Waals surface area (Å²) in [7, 11) is 0. The van der Waals surface area contributed by atoms with Crippen molar-refractivity contribution in [2.75, 3.05) is 57.6 Å². The Bertz CT molecular complexity index is 1890. The Morgan fingerprint density at radius 2 is 1.86 bits per heavy atom. The number of nitrogens with zero attached hydrogens (tertiary/aromatic N) is 5. The standard InChI is InChI=1S/C38H45F2N5O5/c1-2-27-30(39)7-6-23-17-25(46)18-28(32(23)27)34-33(40)35-29(19-41-34)36(44-13-16-49-21-26(47)20-44)43-37(42-35)50-22-38-10-3-5-31(38)45(12-4-11-38)24-8-14-48-15-9-24/h6-7,17-19,24,26,31,46-47H,2-5,8-16,20-22H2,1H3. The first-order valence-electron chi connectivity index (χ1n) is 18.1. The normalized spacial score (nSPS) is 25.2. The molecule has 8 rings (SSSR count). The molecule has 0 bridgehead atoms. The SMILES string of the molecule is CCc1c(F)ccc2cc(O)cc(-c3ncc4c(N5CCOCC(O)C5)nc(OCC56CCCC5N(C5CCOCC5)CCC6)nc4c3F)c12. The number of fused-ring (bicyclic) bond motifs is 3. The molecule has 2 N–H and O–H groups in total. The lowest BCUT2D eigenvalue weighted by Crippen LogP contribution is -2.56. The molecule has 50 heavy (non-hydrogen) atoms. The molecule has 2 aromatic carbocycles. The molecule has 5 heterocycles. The van der Waals surface area contributed by atoms with Crippen LogP contribution < -0.4 is 9.64 Å². The van der Waals surface area contributed by atoms with Crippen LogP contribution >= 0.6 is 0 Å². The molecule has 4 aliphatic rings. The topological polar surface area (TPSA) is 113 Å². The van der Waals surface area contributed by atoms with Crippen LogP contribution in [0.1, 0.15) is 57.4 Å². The van der Waals surface area contributed by atoms with Gasteiger partial charge in [0.25, 0.3) is 0 Å². The number of rotatable bonds is 7. The number of hydrogen-bond donors (Lipinski definition) is 2. The fraction of sp³-hybridized carbons (Fsp3) is 0.553. The van der Waals surface area contributed by atoms with Crippen molar-refractivity contribution in [2.24, 2.45) is 5.41 Å². The molecule has 0 spiro atoms. The number of halogens is 2. The van der Waals surface area contributed by atoms with Crippen LogP contribution in [0.25, 0.3) is 32.9 Å². The van der Waals surface area contributed by atoms with Crippen LogP contribution in [0.2, 0.25) is 0 Å². The maximum absolute atomic E-state index is 17.0. The fourth-order valence-corrected chi connectivity index (χ4v) is 9.13. The highest BCUT2D eigenvalue weighted by atomic mass is 19.1. The van der Waals surface area contributed by atoms with Gasteiger partial charge in [-0.2, -0.15) is 9.97 Å². The zero-order valence-corrected chi connectivity index (χ0v) is 28.5. The van der Waals surface area contributed by atoms with E-state index in [4.69, 9.17) is 24.2 Å². The highest BCUT2D eigenvalue weighted by Gasteiger charge is 2.50. The van der Waals surface area contributed by atoms with E-state index in [9.17, 15) is 10.2 Å². The van der Waals surface area contributed by atoms with Crippen molar-refractivity contribution >= 4 is 27.5 Å². The molecule has 3 saturated heterocycles. The molecule has 3 unspecified atom stereocenters. The van der Waals surface area contributed by atoms with E-state index in [0.29, 0.717) is 65.8 Å². The summed E-state index contributed by atoms with van der Waals surface area (Å²) in [6.07, 6.45) is 8.67. The van der Waals surface area contributed by atoms with E-state index in [1.807, 2.05) is 11.8 Å². The first kappa shape index (κ1) is 33.4. The highest BCUT2D eigenvalue weighted by Crippen LogP contribution is 2.49. The van der Waals surface area contributed by atoms with Gasteiger partial charge in [-0.05, 0) is 86.0 Å². The maximum Gasteiger partial charge on any atom is 0.319 e. The largest absolute Gasteiger partial charge is 0.508 e. The van der Waals surface area contributed by atoms with Crippen molar-refractivity contribution in [3.05, 3.63) is 47.7 Å². The van der Waals surface area contributed by atoms with E-state index in [-0.39, 0.29) is 47.1 Å². The molecule has 3 atom stereocenters. The Kier molecular flexibility index (Phi) is 9.22. The third kappa shape index (κ3) is 6.03. The van der Waals surface area contributed by atoms with Gasteiger partial charge in [0.1, 0.15) is 28.6 Å². The number of aryl methyl sites for hydroxylation is 1. The molecular weight excluding hydrogens is 644 g/mol. The number of likely N-dealkylation sites (tertiary alicyclic amines) is 1. The van der Waals surface area contributed by atoms with Crippen molar-refractivity contribution in [2.45, 2.75) is 76.5 Å². The maximum atomic E-state index is 17.0. The zero-order valence-electron chi connectivity index (χ0n) is 28.5. The Morgan fingerprint density at radius 3 is 2.70 bits per heavy atom. The van der Waals surface area contributed by atoms with Crippen molar-refractivity contribution < 1.29 is 33.2 Å². The van der Waals surface area contributed by atoms with Crippen molar-refractivity contribution in [3.8, 4) is 23.0 Å². The molecule has 0 amide bonds. The average Bonchev–Trinajstić information content (AvgIpc) is 3.45. The van der Waals surface area contributed by atoms with Crippen LogP contribution in [0.3, 0.4) is 0 Å². The van der Waals surface area contributed by atoms with E-state index in [0.717, 1.165) is 64.7 Å². The summed E-state index contributed by atoms with van der Waals surface area (Å²) >= 11 is 0. The summed E-state index contributed by atoms with van der Waals surface area (Å²) in [6, 6.07) is 6.88. The minimum Gasteiger partial charge on any atom is -0.508 e. The number of anilines is 1. The lowest BCUT2D eigenvalue weighted by atomic mass is 9.74. The number of hydrogen-bond acceptors (Lipinski definition) is 10. The molecule has 4 aromatic rings. The van der Waals surface area contributed by atoms with Gasteiger partial charge in [-0.15, -0.1) is 0 Å². The smallest absolute Gasteiger partial charge is 0.319 e. The molecule has 266 valence electrons. The molecule has 10 nitrogen and oxygen atoms in total. The van der Waals surface area contributed by atoms with Crippen LogP contribution in [0.15, 0.2) is 30.5 Å². The summed E-state index contributed by atoms with van der Waals surface area (Å²) in [5.74, 6) is -0.804. The number of phenolic OH excluding ortho intramolecular Hbond substituents is 1. The second-order valence-electron chi connectivity index (χ2n) is 14.4. The average molecular weight is 690 g/mol. The van der Waals surface area contributed by atoms with Crippen LogP contribution in [-0.4, -0.2) is 101 Å². The van der Waals surface area contributed by atoms with E-state index < -0.39 is 17.7 Å². The third-order valence-corrected chi connectivity index (χ3v) is 11.5. The second-order valence-corrected chi connectivity index (χ2v) is 14.4. The Balaban J connectivity index is 1.21. The van der Waals surface area contributed by atoms with Crippen molar-refractivity contribution in [1.82, 2.24) is 19.9 Å². The monoisotopic (exact) mass is 689 g/mol. The number of aromatic nitrogens is 3. The minimum atomic E-state index is -0.762. The Labute approximate surface area is 290 Å². The quantitative estimate of drug-likeness (QED) is 0.248. The van der Waals surface area contributed by atoms with Gasteiger partial charge < -0.3 is 29.3 Å². The number of aromatic hydroxyl groups is 1. The lowest BCUT2D eigenvalue weighted by Gasteiger charge is -2.50. The predicted molar refractivity (Wildman–Crippen MR) is 186 cm³/mol. The van der Waals surface area contributed by atoms with Crippen LogP contribution in [0.4, 0.5) is 14.6 Å². The van der Waals surface area contributed by atoms with Crippen LogP contribution in [-0.2, 0) is 15.9 Å². The van der Waals surface area contributed by atoms with E-state index >= 15 is 8.78 Å². The fourth-order valence-electron chi connectivity index (χ4n) is 9.13. The van der Waals surface area contributed by atoms with Gasteiger partial charge in [0.15, 0.2) is 5.82 Å². The van der Waals surface area contributed by atoms with Gasteiger partial charge in [-0.1, -0.05) is 19.4 Å². The molecule has 1 aliphatic carbocycles. The van der Waals surface area contributed by atoms with Gasteiger partial charge in [0.05, 0.1) is 31.3 Å². The minimum absolute atomic E-state index is 0.00791. The zero-order chi connectivity index (χ0) is 34.4. The Morgan fingerprint density at radius 1 is 1.02 bits per heavy atom. The van der Waals surface area contributed by atoms with Gasteiger partial charge >= 0.3 is 6.01 Å². The predicted octanol–water partition coefficient (Wildman–Crippen LogP) is 5.78. The molecule has 0 radical (unpaired) electrons. The summed E-state index contributed by atoms with van der Waals surface area (Å²) in [5, 5.41) is 22.7. The number of aliphatic hydroxyl groups is 1. The summed E-state index contributed by atoms with van der Waals surface area (Å²) in [6.45, 7) is 6.16. The number of phenols is 1. The second kappa shape index (κ2) is 13.8. The van der Waals surface area contributed by atoms with Gasteiger partial charge in [-0.3, -0.25) is 9.88 Å². The van der Waals surface area contributed by atoms with Crippen molar-refractivity contribution in [3.63, 3.8) is 0 Å². The first-order chi connectivity index (χ1) is 24.3. The highest BCUT2D eigenvalue weighted by molar-refractivity contribution is 6.01.